The standard InChI is InChI=1S/C23H19NO4S/c1-2-15-5-7-16(8-6-15)24-22(25)14-27-17-9-10-19-20(12-17)28-21(23(19)26)13-18-4-3-11-29-18/h3-13H,2,14H2,1H3,(H,24,25)/b21-13-. The topological polar surface area (TPSA) is 64.6 Å². The third-order valence-corrected chi connectivity index (χ3v) is 5.29. The molecule has 29 heavy (non-hydrogen) atoms. The molecule has 2 aromatic carbocycles. The Kier molecular flexibility index (Phi) is 5.44. The largest absolute Gasteiger partial charge is 0.484 e. The van der Waals surface area contributed by atoms with Crippen LogP contribution in [-0.4, -0.2) is 18.3 Å². The van der Waals surface area contributed by atoms with Crippen molar-refractivity contribution in [1.29, 1.82) is 0 Å². The number of thiophene rings is 1. The van der Waals surface area contributed by atoms with Crippen molar-refractivity contribution in [3.05, 3.63) is 81.7 Å². The van der Waals surface area contributed by atoms with Gasteiger partial charge in [-0.2, -0.15) is 0 Å². The molecule has 1 aliphatic rings. The summed E-state index contributed by atoms with van der Waals surface area (Å²) in [5, 5.41) is 4.74. The van der Waals surface area contributed by atoms with Crippen molar-refractivity contribution >= 4 is 34.8 Å². The van der Waals surface area contributed by atoms with Gasteiger partial charge in [-0.25, -0.2) is 0 Å². The van der Waals surface area contributed by atoms with Crippen LogP contribution in [0.5, 0.6) is 11.5 Å². The maximum Gasteiger partial charge on any atom is 0.262 e. The van der Waals surface area contributed by atoms with Crippen molar-refractivity contribution in [2.45, 2.75) is 13.3 Å². The summed E-state index contributed by atoms with van der Waals surface area (Å²) in [7, 11) is 0. The molecule has 4 rings (SSSR count). The van der Waals surface area contributed by atoms with E-state index in [0.29, 0.717) is 17.1 Å². The second kappa shape index (κ2) is 8.32. The molecule has 0 saturated carbocycles. The molecule has 1 amide bonds. The Morgan fingerprint density at radius 3 is 2.72 bits per heavy atom. The van der Waals surface area contributed by atoms with Crippen molar-refractivity contribution in [3.63, 3.8) is 0 Å². The van der Waals surface area contributed by atoms with Gasteiger partial charge in [0.2, 0.25) is 5.78 Å². The quantitative estimate of drug-likeness (QED) is 0.590. The van der Waals surface area contributed by atoms with Crippen LogP contribution in [0.15, 0.2) is 65.7 Å². The summed E-state index contributed by atoms with van der Waals surface area (Å²) in [5.74, 6) is 0.766. The van der Waals surface area contributed by atoms with Gasteiger partial charge in [0.1, 0.15) is 11.5 Å². The number of hydrogen-bond donors (Lipinski definition) is 1. The predicted octanol–water partition coefficient (Wildman–Crippen LogP) is 4.94. The third-order valence-electron chi connectivity index (χ3n) is 4.47. The summed E-state index contributed by atoms with van der Waals surface area (Å²) in [6.07, 6.45) is 2.68. The van der Waals surface area contributed by atoms with E-state index in [9.17, 15) is 9.59 Å². The lowest BCUT2D eigenvalue weighted by Crippen LogP contribution is -2.20. The van der Waals surface area contributed by atoms with E-state index in [0.717, 1.165) is 17.0 Å². The minimum absolute atomic E-state index is 0.139. The molecular formula is C23H19NO4S. The highest BCUT2D eigenvalue weighted by atomic mass is 32.1. The molecule has 0 aliphatic carbocycles. The number of carbonyl (C=O) groups is 2. The molecule has 6 heteroatoms. The first-order chi connectivity index (χ1) is 14.1. The molecule has 5 nitrogen and oxygen atoms in total. The van der Waals surface area contributed by atoms with Crippen LogP contribution in [0.3, 0.4) is 0 Å². The lowest BCUT2D eigenvalue weighted by molar-refractivity contribution is -0.118. The first-order valence-electron chi connectivity index (χ1n) is 9.26. The monoisotopic (exact) mass is 405 g/mol. The molecule has 146 valence electrons. The van der Waals surface area contributed by atoms with Gasteiger partial charge in [0, 0.05) is 22.7 Å². The molecule has 2 heterocycles. The van der Waals surface area contributed by atoms with Crippen molar-refractivity contribution in [3.8, 4) is 11.5 Å². The van der Waals surface area contributed by atoms with E-state index in [4.69, 9.17) is 9.47 Å². The van der Waals surface area contributed by atoms with Gasteiger partial charge < -0.3 is 14.8 Å². The zero-order valence-corrected chi connectivity index (χ0v) is 16.6. The molecule has 1 N–H and O–H groups in total. The van der Waals surface area contributed by atoms with Crippen molar-refractivity contribution in [1.82, 2.24) is 0 Å². The van der Waals surface area contributed by atoms with Crippen LogP contribution in [0.1, 0.15) is 27.7 Å². The zero-order valence-electron chi connectivity index (χ0n) is 15.8. The van der Waals surface area contributed by atoms with Crippen LogP contribution in [0.2, 0.25) is 0 Å². The van der Waals surface area contributed by atoms with Gasteiger partial charge in [-0.1, -0.05) is 25.1 Å². The Morgan fingerprint density at radius 2 is 2.00 bits per heavy atom. The highest BCUT2D eigenvalue weighted by Gasteiger charge is 2.27. The fourth-order valence-corrected chi connectivity index (χ4v) is 3.58. The number of nitrogens with one attached hydrogen (secondary N) is 1. The van der Waals surface area contributed by atoms with Gasteiger partial charge in [-0.3, -0.25) is 9.59 Å². The summed E-state index contributed by atoms with van der Waals surface area (Å²) in [6, 6.07) is 16.5. The van der Waals surface area contributed by atoms with E-state index in [-0.39, 0.29) is 24.1 Å². The molecule has 1 aromatic heterocycles. The third kappa shape index (κ3) is 4.38. The number of hydrogen-bond acceptors (Lipinski definition) is 5. The number of Topliss-reactive ketones (excluding diaryl/α,β-unsaturated/α-hetero) is 1. The number of benzene rings is 2. The van der Waals surface area contributed by atoms with Gasteiger partial charge in [0.25, 0.3) is 5.91 Å². The van der Waals surface area contributed by atoms with Crippen LogP contribution in [0.4, 0.5) is 5.69 Å². The molecule has 0 bridgehead atoms. The maximum absolute atomic E-state index is 12.5. The van der Waals surface area contributed by atoms with Gasteiger partial charge in [-0.15, -0.1) is 11.3 Å². The minimum atomic E-state index is -0.259. The lowest BCUT2D eigenvalue weighted by Gasteiger charge is -2.08. The average Bonchev–Trinajstić information content (AvgIpc) is 3.35. The van der Waals surface area contributed by atoms with Gasteiger partial charge in [0.05, 0.1) is 5.56 Å². The van der Waals surface area contributed by atoms with E-state index in [2.05, 4.69) is 12.2 Å². The predicted molar refractivity (Wildman–Crippen MR) is 114 cm³/mol. The number of anilines is 1. The van der Waals surface area contributed by atoms with Crippen LogP contribution in [0.25, 0.3) is 6.08 Å². The van der Waals surface area contributed by atoms with Crippen LogP contribution in [0, 0.1) is 0 Å². The van der Waals surface area contributed by atoms with E-state index in [1.165, 1.54) is 16.9 Å². The Bertz CT molecular complexity index is 1070. The highest BCUT2D eigenvalue weighted by Crippen LogP contribution is 2.35. The molecule has 0 spiro atoms. The maximum atomic E-state index is 12.5. The van der Waals surface area contributed by atoms with E-state index < -0.39 is 0 Å². The van der Waals surface area contributed by atoms with Crippen molar-refractivity contribution < 1.29 is 19.1 Å². The number of allylic oxidation sites excluding steroid dienone is 1. The van der Waals surface area contributed by atoms with Crippen LogP contribution in [-0.2, 0) is 11.2 Å². The smallest absolute Gasteiger partial charge is 0.262 e. The fourth-order valence-electron chi connectivity index (χ4n) is 2.93. The van der Waals surface area contributed by atoms with Crippen LogP contribution < -0.4 is 14.8 Å². The normalized spacial score (nSPS) is 13.8. The average molecular weight is 405 g/mol. The number of fused-ring (bicyclic) bond motifs is 1. The number of ketones is 1. The Morgan fingerprint density at radius 1 is 1.17 bits per heavy atom. The SMILES string of the molecule is CCc1ccc(NC(=O)COc2ccc3c(c2)O/C(=C\c2cccs2)C3=O)cc1. The molecule has 0 unspecified atom stereocenters. The Balaban J connectivity index is 1.38. The lowest BCUT2D eigenvalue weighted by atomic mass is 10.1. The first kappa shape index (κ1) is 19.0. The molecule has 0 fully saturated rings. The second-order valence-corrected chi connectivity index (χ2v) is 7.48. The zero-order chi connectivity index (χ0) is 20.2. The van der Waals surface area contributed by atoms with Gasteiger partial charge in [0.15, 0.2) is 12.4 Å². The number of aryl methyl sites for hydroxylation is 1. The number of ether oxygens (including phenoxy) is 2. The van der Waals surface area contributed by atoms with Gasteiger partial charge >= 0.3 is 0 Å². The molecule has 0 saturated heterocycles. The minimum Gasteiger partial charge on any atom is -0.484 e. The summed E-state index contributed by atoms with van der Waals surface area (Å²) < 4.78 is 11.3. The summed E-state index contributed by atoms with van der Waals surface area (Å²) in [4.78, 5) is 25.5. The highest BCUT2D eigenvalue weighted by molar-refractivity contribution is 7.10. The number of rotatable bonds is 6. The summed E-state index contributed by atoms with van der Waals surface area (Å²) in [6.45, 7) is 1.94. The number of amides is 1. The number of carbonyl (C=O) groups excluding carboxylic acids is 2. The molecule has 3 aromatic rings. The molecular weight excluding hydrogens is 386 g/mol. The Hall–Kier alpha value is -3.38. The van der Waals surface area contributed by atoms with Crippen LogP contribution >= 0.6 is 11.3 Å². The Labute approximate surface area is 172 Å². The summed E-state index contributed by atoms with van der Waals surface area (Å²) in [5.41, 5.74) is 2.42. The summed E-state index contributed by atoms with van der Waals surface area (Å²) >= 11 is 1.53. The molecule has 0 atom stereocenters. The van der Waals surface area contributed by atoms with Crippen molar-refractivity contribution in [2.24, 2.45) is 0 Å². The van der Waals surface area contributed by atoms with E-state index in [1.54, 1.807) is 24.3 Å². The van der Waals surface area contributed by atoms with E-state index in [1.807, 2.05) is 41.8 Å². The van der Waals surface area contributed by atoms with Crippen molar-refractivity contribution in [2.75, 3.05) is 11.9 Å². The van der Waals surface area contributed by atoms with Gasteiger partial charge in [-0.05, 0) is 47.7 Å². The molecule has 0 radical (unpaired) electrons. The molecule has 1 aliphatic heterocycles. The first-order valence-corrected chi connectivity index (χ1v) is 10.1. The second-order valence-electron chi connectivity index (χ2n) is 6.50. The van der Waals surface area contributed by atoms with E-state index >= 15 is 0 Å². The fraction of sp³-hybridized carbons (Fsp3) is 0.130.